The summed E-state index contributed by atoms with van der Waals surface area (Å²) >= 11 is 1.53. The monoisotopic (exact) mass is 293 g/mol. The molecular weight excluding hydrogens is 274 g/mol. The molecule has 2 N–H and O–H groups in total. The van der Waals surface area contributed by atoms with Crippen molar-refractivity contribution in [2.45, 2.75) is 32.5 Å². The van der Waals surface area contributed by atoms with Crippen LogP contribution in [0.4, 0.5) is 4.79 Å². The zero-order valence-corrected chi connectivity index (χ0v) is 12.7. The quantitative estimate of drug-likeness (QED) is 0.911. The molecule has 108 valence electrons. The van der Waals surface area contributed by atoms with Crippen LogP contribution in [-0.4, -0.2) is 23.3 Å². The third-order valence-corrected chi connectivity index (χ3v) is 3.83. The van der Waals surface area contributed by atoms with Gasteiger partial charge in [-0.15, -0.1) is 11.3 Å². The maximum Gasteiger partial charge on any atom is 0.407 e. The molecule has 2 aromatic rings. The maximum atomic E-state index is 11.5. The molecule has 0 saturated heterocycles. The zero-order valence-electron chi connectivity index (χ0n) is 11.8. The number of aliphatic hydroxyl groups is 1. The van der Waals surface area contributed by atoms with E-state index in [0.717, 1.165) is 15.0 Å². The highest BCUT2D eigenvalue weighted by Gasteiger charge is 2.18. The van der Waals surface area contributed by atoms with Gasteiger partial charge in [0.1, 0.15) is 11.7 Å². The van der Waals surface area contributed by atoms with Crippen molar-refractivity contribution in [3.63, 3.8) is 0 Å². The number of thiophene rings is 1. The fourth-order valence-electron chi connectivity index (χ4n) is 1.76. The molecule has 1 amide bonds. The zero-order chi connectivity index (χ0) is 14.8. The average molecular weight is 293 g/mol. The Hall–Kier alpha value is -1.59. The topological polar surface area (TPSA) is 58.6 Å². The van der Waals surface area contributed by atoms with Gasteiger partial charge in [-0.1, -0.05) is 18.2 Å². The van der Waals surface area contributed by atoms with Gasteiger partial charge in [0.15, 0.2) is 0 Å². The van der Waals surface area contributed by atoms with Crippen molar-refractivity contribution >= 4 is 27.5 Å². The van der Waals surface area contributed by atoms with Crippen LogP contribution < -0.4 is 5.32 Å². The molecule has 4 nitrogen and oxygen atoms in total. The average Bonchev–Trinajstić information content (AvgIpc) is 2.77. The predicted octanol–water partition coefficient (Wildman–Crippen LogP) is 3.46. The second kappa shape index (κ2) is 5.81. The molecule has 0 aliphatic rings. The summed E-state index contributed by atoms with van der Waals surface area (Å²) in [6.45, 7) is 5.54. The van der Waals surface area contributed by atoms with Crippen LogP contribution in [0.15, 0.2) is 30.3 Å². The van der Waals surface area contributed by atoms with Crippen molar-refractivity contribution < 1.29 is 14.6 Å². The van der Waals surface area contributed by atoms with E-state index in [9.17, 15) is 9.90 Å². The van der Waals surface area contributed by atoms with E-state index in [1.54, 1.807) is 20.8 Å². The van der Waals surface area contributed by atoms with Gasteiger partial charge in [0, 0.05) is 9.58 Å². The second-order valence-corrected chi connectivity index (χ2v) is 6.70. The van der Waals surface area contributed by atoms with Crippen molar-refractivity contribution in [1.29, 1.82) is 0 Å². The standard InChI is InChI=1S/C15H19NO3S/c1-15(2,3)19-14(18)16-9-11(17)13-8-10-6-4-5-7-12(10)20-13/h4-8,11,17H,9H2,1-3H3,(H,16,18). The molecular formula is C15H19NO3S. The molecule has 0 radical (unpaired) electrons. The minimum Gasteiger partial charge on any atom is -0.444 e. The third kappa shape index (κ3) is 3.95. The second-order valence-electron chi connectivity index (χ2n) is 5.59. The number of hydrogen-bond acceptors (Lipinski definition) is 4. The van der Waals surface area contributed by atoms with Crippen molar-refractivity contribution in [2.24, 2.45) is 0 Å². The van der Waals surface area contributed by atoms with Crippen LogP contribution in [0.1, 0.15) is 31.8 Å². The van der Waals surface area contributed by atoms with Crippen LogP contribution in [0.5, 0.6) is 0 Å². The van der Waals surface area contributed by atoms with Gasteiger partial charge in [-0.25, -0.2) is 4.79 Å². The fourth-order valence-corrected chi connectivity index (χ4v) is 2.81. The van der Waals surface area contributed by atoms with Crippen LogP contribution >= 0.6 is 11.3 Å². The van der Waals surface area contributed by atoms with Crippen LogP contribution in [0.3, 0.4) is 0 Å². The SMILES string of the molecule is CC(C)(C)OC(=O)NCC(O)c1cc2ccccc2s1. The predicted molar refractivity (Wildman–Crippen MR) is 81.0 cm³/mol. The first kappa shape index (κ1) is 14.8. The molecule has 20 heavy (non-hydrogen) atoms. The van der Waals surface area contributed by atoms with Gasteiger partial charge in [-0.3, -0.25) is 0 Å². The highest BCUT2D eigenvalue weighted by molar-refractivity contribution is 7.19. The number of carbonyl (C=O) groups excluding carboxylic acids is 1. The molecule has 0 spiro atoms. The van der Waals surface area contributed by atoms with Gasteiger partial charge >= 0.3 is 6.09 Å². The van der Waals surface area contributed by atoms with E-state index >= 15 is 0 Å². The summed E-state index contributed by atoms with van der Waals surface area (Å²) in [5.41, 5.74) is -0.535. The normalized spacial score (nSPS) is 13.2. The van der Waals surface area contributed by atoms with Crippen molar-refractivity contribution in [1.82, 2.24) is 5.32 Å². The highest BCUT2D eigenvalue weighted by atomic mass is 32.1. The number of aliphatic hydroxyl groups excluding tert-OH is 1. The Bertz CT molecular complexity index is 567. The van der Waals surface area contributed by atoms with Crippen LogP contribution in [-0.2, 0) is 4.74 Å². The Balaban J connectivity index is 1.95. The van der Waals surface area contributed by atoms with Gasteiger partial charge < -0.3 is 15.2 Å². The minimum atomic E-state index is -0.722. The Morgan fingerprint density at radius 3 is 2.75 bits per heavy atom. The number of rotatable bonds is 3. The molecule has 1 heterocycles. The molecule has 1 aromatic carbocycles. The molecule has 2 rings (SSSR count). The molecule has 0 aliphatic heterocycles. The minimum absolute atomic E-state index is 0.141. The lowest BCUT2D eigenvalue weighted by molar-refractivity contribution is 0.0493. The van der Waals surface area contributed by atoms with Crippen LogP contribution in [0.25, 0.3) is 10.1 Å². The van der Waals surface area contributed by atoms with Crippen LogP contribution in [0, 0.1) is 0 Å². The Labute approximate surface area is 122 Å². The molecule has 1 aromatic heterocycles. The van der Waals surface area contributed by atoms with E-state index in [-0.39, 0.29) is 6.54 Å². The highest BCUT2D eigenvalue weighted by Crippen LogP contribution is 2.29. The molecule has 0 aliphatic carbocycles. The maximum absolute atomic E-state index is 11.5. The van der Waals surface area contributed by atoms with Gasteiger partial charge in [0.2, 0.25) is 0 Å². The smallest absolute Gasteiger partial charge is 0.407 e. The van der Waals surface area contributed by atoms with E-state index in [0.29, 0.717) is 0 Å². The summed E-state index contributed by atoms with van der Waals surface area (Å²) in [4.78, 5) is 12.4. The van der Waals surface area contributed by atoms with Gasteiger partial charge in [-0.2, -0.15) is 0 Å². The van der Waals surface area contributed by atoms with Crippen molar-refractivity contribution in [3.05, 3.63) is 35.2 Å². The first-order valence-electron chi connectivity index (χ1n) is 6.48. The lowest BCUT2D eigenvalue weighted by Gasteiger charge is -2.20. The number of benzene rings is 1. The molecule has 1 atom stereocenters. The number of ether oxygens (including phenoxy) is 1. The summed E-state index contributed by atoms with van der Waals surface area (Å²) < 4.78 is 6.25. The lowest BCUT2D eigenvalue weighted by atomic mass is 10.2. The third-order valence-electron chi connectivity index (χ3n) is 2.61. The summed E-state index contributed by atoms with van der Waals surface area (Å²) in [5, 5.41) is 13.8. The number of amides is 1. The number of fused-ring (bicyclic) bond motifs is 1. The summed E-state index contributed by atoms with van der Waals surface area (Å²) in [6, 6.07) is 9.89. The Morgan fingerprint density at radius 1 is 1.40 bits per heavy atom. The number of alkyl carbamates (subject to hydrolysis) is 1. The molecule has 1 unspecified atom stereocenters. The molecule has 0 saturated carbocycles. The van der Waals surface area contributed by atoms with Crippen molar-refractivity contribution in [2.75, 3.05) is 6.54 Å². The van der Waals surface area contributed by atoms with E-state index in [4.69, 9.17) is 4.74 Å². The molecule has 0 fully saturated rings. The Morgan fingerprint density at radius 2 is 2.10 bits per heavy atom. The number of carbonyl (C=O) groups is 1. The molecule has 0 bridgehead atoms. The van der Waals surface area contributed by atoms with Crippen molar-refractivity contribution in [3.8, 4) is 0 Å². The largest absolute Gasteiger partial charge is 0.444 e. The fraction of sp³-hybridized carbons (Fsp3) is 0.400. The lowest BCUT2D eigenvalue weighted by Crippen LogP contribution is -2.34. The molecule has 5 heteroatoms. The first-order valence-corrected chi connectivity index (χ1v) is 7.30. The van der Waals surface area contributed by atoms with Gasteiger partial charge in [0.05, 0.1) is 6.54 Å². The first-order chi connectivity index (χ1) is 9.35. The van der Waals surface area contributed by atoms with Crippen LogP contribution in [0.2, 0.25) is 0 Å². The Kier molecular flexibility index (Phi) is 4.30. The van der Waals surface area contributed by atoms with E-state index < -0.39 is 17.8 Å². The van der Waals surface area contributed by atoms with E-state index in [2.05, 4.69) is 5.32 Å². The van der Waals surface area contributed by atoms with E-state index in [1.165, 1.54) is 11.3 Å². The number of hydrogen-bond donors (Lipinski definition) is 2. The summed E-state index contributed by atoms with van der Waals surface area (Å²) in [5.74, 6) is 0. The van der Waals surface area contributed by atoms with Gasteiger partial charge in [0.25, 0.3) is 0 Å². The summed E-state index contributed by atoms with van der Waals surface area (Å²) in [7, 11) is 0. The van der Waals surface area contributed by atoms with E-state index in [1.807, 2.05) is 30.3 Å². The number of nitrogens with one attached hydrogen (secondary N) is 1. The van der Waals surface area contributed by atoms with Gasteiger partial charge in [-0.05, 0) is 38.3 Å². The summed E-state index contributed by atoms with van der Waals surface area (Å²) in [6.07, 6.45) is -1.24.